The van der Waals surface area contributed by atoms with E-state index in [0.29, 0.717) is 0 Å². The summed E-state index contributed by atoms with van der Waals surface area (Å²) in [5, 5.41) is 10.1. The SMILES string of the molecule is CCCN(CC)CC(O)(CC)CC. The van der Waals surface area contributed by atoms with Crippen molar-refractivity contribution in [2.45, 2.75) is 52.6 Å². The van der Waals surface area contributed by atoms with Gasteiger partial charge in [0.15, 0.2) is 0 Å². The zero-order valence-corrected chi connectivity index (χ0v) is 9.64. The lowest BCUT2D eigenvalue weighted by Crippen LogP contribution is -2.42. The van der Waals surface area contributed by atoms with Crippen molar-refractivity contribution in [1.82, 2.24) is 4.90 Å². The van der Waals surface area contributed by atoms with E-state index in [1.165, 1.54) is 0 Å². The smallest absolute Gasteiger partial charge is 0.0768 e. The van der Waals surface area contributed by atoms with E-state index in [0.717, 1.165) is 38.9 Å². The van der Waals surface area contributed by atoms with E-state index in [2.05, 4.69) is 32.6 Å². The molecule has 0 amide bonds. The third kappa shape index (κ3) is 4.63. The fraction of sp³-hybridized carbons (Fsp3) is 1.00. The van der Waals surface area contributed by atoms with Gasteiger partial charge in [-0.15, -0.1) is 0 Å². The van der Waals surface area contributed by atoms with Crippen molar-refractivity contribution in [1.29, 1.82) is 0 Å². The van der Waals surface area contributed by atoms with Crippen molar-refractivity contribution in [2.75, 3.05) is 19.6 Å². The second kappa shape index (κ2) is 6.39. The van der Waals surface area contributed by atoms with Crippen LogP contribution in [0.3, 0.4) is 0 Å². The Balaban J connectivity index is 4.02. The second-order valence-corrected chi connectivity index (χ2v) is 3.80. The van der Waals surface area contributed by atoms with Crippen LogP contribution in [-0.2, 0) is 0 Å². The molecule has 2 heteroatoms. The van der Waals surface area contributed by atoms with Crippen LogP contribution >= 0.6 is 0 Å². The van der Waals surface area contributed by atoms with Gasteiger partial charge in [0.25, 0.3) is 0 Å². The van der Waals surface area contributed by atoms with Gasteiger partial charge in [0.2, 0.25) is 0 Å². The first-order valence-electron chi connectivity index (χ1n) is 5.56. The van der Waals surface area contributed by atoms with E-state index in [4.69, 9.17) is 0 Å². The molecule has 13 heavy (non-hydrogen) atoms. The molecule has 0 radical (unpaired) electrons. The molecule has 0 aliphatic rings. The number of nitrogens with zero attached hydrogens (tertiary/aromatic N) is 1. The molecule has 0 spiro atoms. The highest BCUT2D eigenvalue weighted by atomic mass is 16.3. The van der Waals surface area contributed by atoms with Crippen LogP contribution in [0.2, 0.25) is 0 Å². The predicted molar refractivity (Wildman–Crippen MR) is 57.9 cm³/mol. The van der Waals surface area contributed by atoms with Crippen LogP contribution in [0.25, 0.3) is 0 Å². The molecule has 0 unspecified atom stereocenters. The molecule has 0 aromatic heterocycles. The lowest BCUT2D eigenvalue weighted by molar-refractivity contribution is -0.00208. The Kier molecular flexibility index (Phi) is 6.35. The average Bonchev–Trinajstić information content (AvgIpc) is 2.17. The van der Waals surface area contributed by atoms with Gasteiger partial charge in [0, 0.05) is 6.54 Å². The van der Waals surface area contributed by atoms with Crippen LogP contribution in [0.4, 0.5) is 0 Å². The Morgan fingerprint density at radius 3 is 1.92 bits per heavy atom. The first kappa shape index (κ1) is 12.9. The van der Waals surface area contributed by atoms with Gasteiger partial charge in [-0.05, 0) is 32.4 Å². The van der Waals surface area contributed by atoms with E-state index in [9.17, 15) is 5.11 Å². The summed E-state index contributed by atoms with van der Waals surface area (Å²) in [6.45, 7) is 11.4. The topological polar surface area (TPSA) is 23.5 Å². The Hall–Kier alpha value is -0.0800. The van der Waals surface area contributed by atoms with Crippen LogP contribution in [0.5, 0.6) is 0 Å². The highest BCUT2D eigenvalue weighted by Crippen LogP contribution is 2.16. The highest BCUT2D eigenvalue weighted by molar-refractivity contribution is 4.79. The fourth-order valence-corrected chi connectivity index (χ4v) is 1.56. The molecule has 0 aliphatic carbocycles. The molecular formula is C11H25NO. The molecule has 0 bridgehead atoms. The summed E-state index contributed by atoms with van der Waals surface area (Å²) in [4.78, 5) is 2.33. The highest BCUT2D eigenvalue weighted by Gasteiger charge is 2.24. The number of hydrogen-bond donors (Lipinski definition) is 1. The number of hydrogen-bond acceptors (Lipinski definition) is 2. The summed E-state index contributed by atoms with van der Waals surface area (Å²) in [6.07, 6.45) is 2.87. The lowest BCUT2D eigenvalue weighted by atomic mass is 9.97. The van der Waals surface area contributed by atoms with Gasteiger partial charge in [0.1, 0.15) is 0 Å². The lowest BCUT2D eigenvalue weighted by Gasteiger charge is -2.32. The van der Waals surface area contributed by atoms with Gasteiger partial charge in [-0.2, -0.15) is 0 Å². The summed E-state index contributed by atoms with van der Waals surface area (Å²) in [5.41, 5.74) is -0.467. The Labute approximate surface area is 82.9 Å². The Morgan fingerprint density at radius 1 is 1.08 bits per heavy atom. The Morgan fingerprint density at radius 2 is 1.62 bits per heavy atom. The maximum Gasteiger partial charge on any atom is 0.0768 e. The van der Waals surface area contributed by atoms with Gasteiger partial charge in [-0.25, -0.2) is 0 Å². The molecule has 0 saturated heterocycles. The first-order valence-corrected chi connectivity index (χ1v) is 5.56. The van der Waals surface area contributed by atoms with Gasteiger partial charge in [-0.3, -0.25) is 0 Å². The maximum atomic E-state index is 10.1. The summed E-state index contributed by atoms with van der Waals surface area (Å²) >= 11 is 0. The van der Waals surface area contributed by atoms with E-state index in [1.54, 1.807) is 0 Å². The van der Waals surface area contributed by atoms with Gasteiger partial charge in [-0.1, -0.05) is 27.7 Å². The van der Waals surface area contributed by atoms with Crippen molar-refractivity contribution < 1.29 is 5.11 Å². The molecule has 0 heterocycles. The molecule has 80 valence electrons. The zero-order valence-electron chi connectivity index (χ0n) is 9.64. The van der Waals surface area contributed by atoms with E-state index < -0.39 is 5.60 Å². The minimum atomic E-state index is -0.467. The monoisotopic (exact) mass is 187 g/mol. The molecule has 0 aliphatic heterocycles. The molecule has 0 aromatic carbocycles. The molecule has 0 aromatic rings. The summed E-state index contributed by atoms with van der Waals surface area (Å²) in [5.74, 6) is 0. The number of likely N-dealkylation sites (N-methyl/N-ethyl adjacent to an activating group) is 1. The van der Waals surface area contributed by atoms with Crippen molar-refractivity contribution in [3.8, 4) is 0 Å². The predicted octanol–water partition coefficient (Wildman–Crippen LogP) is 2.27. The maximum absolute atomic E-state index is 10.1. The fourth-order valence-electron chi connectivity index (χ4n) is 1.56. The molecule has 0 saturated carbocycles. The standard InChI is InChI=1S/C11H25NO/c1-5-9-12(8-4)10-11(13,6-2)7-3/h13H,5-10H2,1-4H3. The van der Waals surface area contributed by atoms with Gasteiger partial charge < -0.3 is 10.0 Å². The molecule has 0 fully saturated rings. The van der Waals surface area contributed by atoms with Gasteiger partial charge >= 0.3 is 0 Å². The van der Waals surface area contributed by atoms with Crippen molar-refractivity contribution in [3.63, 3.8) is 0 Å². The molecule has 0 rings (SSSR count). The van der Waals surface area contributed by atoms with Crippen LogP contribution in [0.1, 0.15) is 47.0 Å². The molecule has 2 nitrogen and oxygen atoms in total. The van der Waals surface area contributed by atoms with Crippen LogP contribution in [0, 0.1) is 0 Å². The quantitative estimate of drug-likeness (QED) is 0.661. The number of rotatable bonds is 7. The second-order valence-electron chi connectivity index (χ2n) is 3.80. The summed E-state index contributed by atoms with van der Waals surface area (Å²) in [7, 11) is 0. The number of aliphatic hydroxyl groups is 1. The van der Waals surface area contributed by atoms with Crippen molar-refractivity contribution >= 4 is 0 Å². The van der Waals surface area contributed by atoms with Crippen LogP contribution in [0.15, 0.2) is 0 Å². The van der Waals surface area contributed by atoms with E-state index >= 15 is 0 Å². The summed E-state index contributed by atoms with van der Waals surface area (Å²) in [6, 6.07) is 0. The minimum absolute atomic E-state index is 0.467. The van der Waals surface area contributed by atoms with Gasteiger partial charge in [0.05, 0.1) is 5.60 Å². The molecule has 1 N–H and O–H groups in total. The van der Waals surface area contributed by atoms with Crippen LogP contribution < -0.4 is 0 Å². The van der Waals surface area contributed by atoms with Crippen molar-refractivity contribution in [2.24, 2.45) is 0 Å². The first-order chi connectivity index (χ1) is 6.11. The normalized spacial score (nSPS) is 12.5. The van der Waals surface area contributed by atoms with Crippen LogP contribution in [-0.4, -0.2) is 35.2 Å². The van der Waals surface area contributed by atoms with E-state index in [1.807, 2.05) is 0 Å². The summed E-state index contributed by atoms with van der Waals surface area (Å²) < 4.78 is 0. The molecular weight excluding hydrogens is 162 g/mol. The van der Waals surface area contributed by atoms with E-state index in [-0.39, 0.29) is 0 Å². The zero-order chi connectivity index (χ0) is 10.3. The average molecular weight is 187 g/mol. The van der Waals surface area contributed by atoms with Crippen molar-refractivity contribution in [3.05, 3.63) is 0 Å². The Bertz CT molecular complexity index is 121. The third-order valence-electron chi connectivity index (χ3n) is 2.82. The largest absolute Gasteiger partial charge is 0.389 e. The third-order valence-corrected chi connectivity index (χ3v) is 2.82. The minimum Gasteiger partial charge on any atom is -0.389 e. The molecule has 0 atom stereocenters.